The quantitative estimate of drug-likeness (QED) is 0.432. The molecule has 10 heavy (non-hydrogen) atoms. The van der Waals surface area contributed by atoms with Crippen molar-refractivity contribution in [1.29, 1.82) is 0 Å². The molecule has 1 N–H and O–H groups in total. The summed E-state index contributed by atoms with van der Waals surface area (Å²) in [5.74, 6) is 0. The number of hydrogen-bond acceptors (Lipinski definition) is 3. The molecule has 0 spiro atoms. The van der Waals surface area contributed by atoms with Crippen molar-refractivity contribution in [3.05, 3.63) is 11.8 Å². The number of hydrogen-bond donors (Lipinski definition) is 1. The molecule has 0 bridgehead atoms. The van der Waals surface area contributed by atoms with Gasteiger partial charge in [0, 0.05) is 10.8 Å². The second-order valence-corrected chi connectivity index (χ2v) is 3.82. The fourth-order valence-corrected chi connectivity index (χ4v) is 1.80. The summed E-state index contributed by atoms with van der Waals surface area (Å²) in [5.41, 5.74) is 0.558. The predicted octanol–water partition coefficient (Wildman–Crippen LogP) is 1.87. The van der Waals surface area contributed by atoms with Crippen LogP contribution < -0.4 is 0 Å². The minimum Gasteiger partial charge on any atom is -0.515 e. The smallest absolute Gasteiger partial charge is 0.218 e. The van der Waals surface area contributed by atoms with Crippen LogP contribution in [-0.4, -0.2) is 15.5 Å². The Morgan fingerprint density at radius 3 is 3.00 bits per heavy atom. The maximum Gasteiger partial charge on any atom is 0.218 e. The van der Waals surface area contributed by atoms with Crippen LogP contribution in [0.1, 0.15) is 19.8 Å². The lowest BCUT2D eigenvalue weighted by Gasteiger charge is -2.16. The molecule has 0 aromatic carbocycles. The fourth-order valence-electron chi connectivity index (χ4n) is 0.895. The third-order valence-corrected chi connectivity index (χ3v) is 2.66. The number of aliphatic hydroxyl groups excluding tert-OH is 1. The van der Waals surface area contributed by atoms with Gasteiger partial charge in [-0.15, -0.1) is 0 Å². The summed E-state index contributed by atoms with van der Waals surface area (Å²) in [6.07, 6.45) is 2.65. The van der Waals surface area contributed by atoms with Crippen LogP contribution in [0.5, 0.6) is 0 Å². The molecule has 0 aromatic heterocycles. The van der Waals surface area contributed by atoms with Crippen molar-refractivity contribution in [3.8, 4) is 0 Å². The number of carbonyl (C=O) groups excluding carboxylic acids is 1. The molecule has 1 rings (SSSR count). The molecule has 56 valence electrons. The zero-order valence-corrected chi connectivity index (χ0v) is 6.65. The summed E-state index contributed by atoms with van der Waals surface area (Å²) in [5, 5.41) is 8.99. The lowest BCUT2D eigenvalue weighted by atomic mass is 10.1. The van der Waals surface area contributed by atoms with Gasteiger partial charge in [0.1, 0.15) is 0 Å². The maximum absolute atomic E-state index is 11.0. The van der Waals surface area contributed by atoms with Gasteiger partial charge in [0.25, 0.3) is 0 Å². The Morgan fingerprint density at radius 2 is 2.50 bits per heavy atom. The van der Waals surface area contributed by atoms with E-state index in [0.29, 0.717) is 10.8 Å². The van der Waals surface area contributed by atoms with E-state index in [4.69, 9.17) is 5.11 Å². The first-order valence-electron chi connectivity index (χ1n) is 3.28. The highest BCUT2D eigenvalue weighted by atomic mass is 32.2. The molecular weight excluding hydrogens is 148 g/mol. The lowest BCUT2D eigenvalue weighted by molar-refractivity contribution is -0.108. The van der Waals surface area contributed by atoms with Crippen LogP contribution in [0.15, 0.2) is 11.8 Å². The molecule has 1 aliphatic heterocycles. The Kier molecular flexibility index (Phi) is 2.38. The van der Waals surface area contributed by atoms with Gasteiger partial charge in [-0.25, -0.2) is 0 Å². The van der Waals surface area contributed by atoms with Crippen molar-refractivity contribution in [3.63, 3.8) is 0 Å². The van der Waals surface area contributed by atoms with Gasteiger partial charge in [0.15, 0.2) is 0 Å². The van der Waals surface area contributed by atoms with Crippen molar-refractivity contribution >= 4 is 16.9 Å². The second-order valence-electron chi connectivity index (χ2n) is 2.41. The number of carbonyl (C=O) groups is 1. The summed E-state index contributed by atoms with van der Waals surface area (Å²) in [6, 6.07) is 0. The first-order valence-corrected chi connectivity index (χ1v) is 4.16. The van der Waals surface area contributed by atoms with Gasteiger partial charge in [-0.3, -0.25) is 4.79 Å². The standard InChI is InChI=1S/C7H10O2S/c1-5-2-3-6(4-8)7(9)10-5/h4-5,8H,2-3H2,1H3/b6-4+. The van der Waals surface area contributed by atoms with Gasteiger partial charge < -0.3 is 5.11 Å². The molecule has 1 fully saturated rings. The maximum atomic E-state index is 11.0. The monoisotopic (exact) mass is 158 g/mol. The van der Waals surface area contributed by atoms with E-state index in [1.54, 1.807) is 0 Å². The summed E-state index contributed by atoms with van der Waals surface area (Å²) < 4.78 is 0. The molecule has 3 heteroatoms. The van der Waals surface area contributed by atoms with Crippen LogP contribution in [0.3, 0.4) is 0 Å². The second kappa shape index (κ2) is 3.10. The van der Waals surface area contributed by atoms with Crippen LogP contribution in [0.4, 0.5) is 0 Å². The van der Waals surface area contributed by atoms with Crippen LogP contribution in [0.25, 0.3) is 0 Å². The average molecular weight is 158 g/mol. The molecule has 1 saturated heterocycles. The van der Waals surface area contributed by atoms with Gasteiger partial charge in [-0.05, 0) is 12.8 Å². The van der Waals surface area contributed by atoms with Gasteiger partial charge >= 0.3 is 0 Å². The van der Waals surface area contributed by atoms with Crippen LogP contribution in [-0.2, 0) is 4.79 Å². The summed E-state index contributed by atoms with van der Waals surface area (Å²) in [7, 11) is 0. The molecule has 0 saturated carbocycles. The first kappa shape index (κ1) is 7.66. The Labute approximate surface area is 64.3 Å². The largest absolute Gasteiger partial charge is 0.515 e. The van der Waals surface area contributed by atoms with E-state index in [2.05, 4.69) is 0 Å². The van der Waals surface area contributed by atoms with E-state index in [-0.39, 0.29) is 5.12 Å². The summed E-state index contributed by atoms with van der Waals surface area (Å²) >= 11 is 1.31. The Morgan fingerprint density at radius 1 is 1.80 bits per heavy atom. The molecule has 0 amide bonds. The molecule has 2 nitrogen and oxygen atoms in total. The minimum absolute atomic E-state index is 0.0289. The van der Waals surface area contributed by atoms with E-state index in [1.807, 2.05) is 6.92 Å². The van der Waals surface area contributed by atoms with Gasteiger partial charge in [-0.2, -0.15) is 0 Å². The van der Waals surface area contributed by atoms with E-state index < -0.39 is 0 Å². The number of thioether (sulfide) groups is 1. The van der Waals surface area contributed by atoms with Crippen molar-refractivity contribution in [2.75, 3.05) is 0 Å². The molecule has 1 atom stereocenters. The highest BCUT2D eigenvalue weighted by Crippen LogP contribution is 2.29. The SMILES string of the molecule is CC1CC/C(=C\O)C(=O)S1. The Hall–Kier alpha value is -0.440. The normalized spacial score (nSPS) is 31.1. The molecular formula is C7H10O2S. The molecule has 1 heterocycles. The highest BCUT2D eigenvalue weighted by molar-refractivity contribution is 8.14. The first-order chi connectivity index (χ1) is 4.74. The van der Waals surface area contributed by atoms with Crippen molar-refractivity contribution in [1.82, 2.24) is 0 Å². The average Bonchev–Trinajstić information content (AvgIpc) is 1.88. The molecule has 0 radical (unpaired) electrons. The fraction of sp³-hybridized carbons (Fsp3) is 0.571. The summed E-state index contributed by atoms with van der Waals surface area (Å²) in [4.78, 5) is 11.0. The molecule has 0 aromatic rings. The zero-order chi connectivity index (χ0) is 7.56. The summed E-state index contributed by atoms with van der Waals surface area (Å²) in [6.45, 7) is 2.02. The third-order valence-electron chi connectivity index (χ3n) is 1.55. The number of aliphatic hydroxyl groups is 1. The van der Waals surface area contributed by atoms with E-state index in [9.17, 15) is 4.79 Å². The highest BCUT2D eigenvalue weighted by Gasteiger charge is 2.20. The molecule has 0 aliphatic carbocycles. The van der Waals surface area contributed by atoms with E-state index in [1.165, 1.54) is 11.8 Å². The third kappa shape index (κ3) is 1.53. The molecule has 1 aliphatic rings. The number of rotatable bonds is 0. The lowest BCUT2D eigenvalue weighted by Crippen LogP contribution is -2.12. The van der Waals surface area contributed by atoms with Crippen LogP contribution in [0, 0.1) is 0 Å². The predicted molar refractivity (Wildman–Crippen MR) is 42.0 cm³/mol. The van der Waals surface area contributed by atoms with Gasteiger partial charge in [-0.1, -0.05) is 18.7 Å². The Bertz CT molecular complexity index is 174. The Balaban J connectivity index is 2.61. The van der Waals surface area contributed by atoms with Crippen molar-refractivity contribution < 1.29 is 9.90 Å². The zero-order valence-electron chi connectivity index (χ0n) is 5.83. The minimum atomic E-state index is 0.0289. The van der Waals surface area contributed by atoms with Gasteiger partial charge in [0.05, 0.1) is 6.26 Å². The topological polar surface area (TPSA) is 37.3 Å². The van der Waals surface area contributed by atoms with Crippen molar-refractivity contribution in [2.45, 2.75) is 25.0 Å². The van der Waals surface area contributed by atoms with Crippen LogP contribution in [0.2, 0.25) is 0 Å². The molecule has 1 unspecified atom stereocenters. The van der Waals surface area contributed by atoms with E-state index in [0.717, 1.165) is 19.1 Å². The van der Waals surface area contributed by atoms with Crippen LogP contribution >= 0.6 is 11.8 Å². The van der Waals surface area contributed by atoms with Gasteiger partial charge in [0.2, 0.25) is 5.12 Å². The van der Waals surface area contributed by atoms with Crippen molar-refractivity contribution in [2.24, 2.45) is 0 Å². The van der Waals surface area contributed by atoms with E-state index >= 15 is 0 Å².